The van der Waals surface area contributed by atoms with Gasteiger partial charge in [-0.05, 0) is 34.7 Å². The van der Waals surface area contributed by atoms with Gasteiger partial charge in [0.1, 0.15) is 13.2 Å². The van der Waals surface area contributed by atoms with E-state index < -0.39 is 0 Å². The van der Waals surface area contributed by atoms with E-state index in [0.717, 1.165) is 34.1 Å². The number of hydrogen-bond acceptors (Lipinski definition) is 3. The third-order valence-corrected chi connectivity index (χ3v) is 3.57. The summed E-state index contributed by atoms with van der Waals surface area (Å²) in [6, 6.07) is 3.99. The van der Waals surface area contributed by atoms with Crippen molar-refractivity contribution in [2.45, 2.75) is 12.8 Å². The minimum Gasteiger partial charge on any atom is -0.486 e. The maximum Gasteiger partial charge on any atom is 0.163 e. The Bertz CT molecular complexity index is 404. The molecule has 1 aromatic carbocycles. The summed E-state index contributed by atoms with van der Waals surface area (Å²) in [7, 11) is 0. The van der Waals surface area contributed by atoms with Crippen molar-refractivity contribution in [3.8, 4) is 11.5 Å². The zero-order valence-electron chi connectivity index (χ0n) is 8.96. The molecule has 0 aromatic heterocycles. The molecule has 4 heteroatoms. The highest BCUT2D eigenvalue weighted by Gasteiger charge is 2.21. The number of benzene rings is 1. The van der Waals surface area contributed by atoms with Gasteiger partial charge in [-0.25, -0.2) is 0 Å². The Kier molecular flexibility index (Phi) is 2.67. The molecule has 1 aromatic rings. The zero-order valence-corrected chi connectivity index (χ0v) is 10.5. The van der Waals surface area contributed by atoms with E-state index >= 15 is 0 Å². The molecule has 1 N–H and O–H groups in total. The molecule has 0 spiro atoms. The van der Waals surface area contributed by atoms with Gasteiger partial charge >= 0.3 is 0 Å². The lowest BCUT2D eigenvalue weighted by atomic mass is 10.2. The van der Waals surface area contributed by atoms with Gasteiger partial charge in [0.15, 0.2) is 11.5 Å². The smallest absolute Gasteiger partial charge is 0.163 e. The number of rotatable bonds is 3. The van der Waals surface area contributed by atoms with Gasteiger partial charge in [0, 0.05) is 23.2 Å². The van der Waals surface area contributed by atoms with Crippen molar-refractivity contribution in [1.82, 2.24) is 0 Å². The summed E-state index contributed by atoms with van der Waals surface area (Å²) in [6.07, 6.45) is 2.71. The van der Waals surface area contributed by atoms with E-state index in [1.807, 2.05) is 12.1 Å². The number of fused-ring (bicyclic) bond motifs is 1. The molecule has 1 heterocycles. The van der Waals surface area contributed by atoms with Crippen molar-refractivity contribution in [2.75, 3.05) is 25.1 Å². The van der Waals surface area contributed by atoms with Gasteiger partial charge in [0.2, 0.25) is 0 Å². The highest BCUT2D eigenvalue weighted by molar-refractivity contribution is 9.10. The first-order valence-electron chi connectivity index (χ1n) is 5.66. The molecule has 86 valence electrons. The largest absolute Gasteiger partial charge is 0.486 e. The molecule has 0 amide bonds. The maximum absolute atomic E-state index is 5.56. The van der Waals surface area contributed by atoms with Crippen molar-refractivity contribution in [3.63, 3.8) is 0 Å². The van der Waals surface area contributed by atoms with Crippen LogP contribution in [0.4, 0.5) is 5.69 Å². The van der Waals surface area contributed by atoms with Crippen LogP contribution in [0.2, 0.25) is 0 Å². The van der Waals surface area contributed by atoms with Crippen molar-refractivity contribution in [2.24, 2.45) is 5.92 Å². The average molecular weight is 284 g/mol. The van der Waals surface area contributed by atoms with E-state index in [1.165, 1.54) is 12.8 Å². The lowest BCUT2D eigenvalue weighted by Crippen LogP contribution is -2.15. The van der Waals surface area contributed by atoms with Crippen LogP contribution < -0.4 is 14.8 Å². The van der Waals surface area contributed by atoms with Gasteiger partial charge in [0.05, 0.1) is 5.69 Å². The summed E-state index contributed by atoms with van der Waals surface area (Å²) in [6.45, 7) is 2.32. The third kappa shape index (κ3) is 2.12. The van der Waals surface area contributed by atoms with Gasteiger partial charge < -0.3 is 14.8 Å². The van der Waals surface area contributed by atoms with E-state index in [9.17, 15) is 0 Å². The molecule has 0 bridgehead atoms. The Morgan fingerprint density at radius 1 is 1.19 bits per heavy atom. The second-order valence-corrected chi connectivity index (χ2v) is 5.15. The van der Waals surface area contributed by atoms with Crippen LogP contribution in [0.3, 0.4) is 0 Å². The van der Waals surface area contributed by atoms with Gasteiger partial charge in [-0.2, -0.15) is 0 Å². The molecule has 3 nitrogen and oxygen atoms in total. The van der Waals surface area contributed by atoms with Crippen LogP contribution in [-0.2, 0) is 0 Å². The molecule has 2 aliphatic rings. The third-order valence-electron chi connectivity index (χ3n) is 2.91. The Hall–Kier alpha value is -0.900. The Morgan fingerprint density at radius 2 is 1.88 bits per heavy atom. The summed E-state index contributed by atoms with van der Waals surface area (Å²) in [4.78, 5) is 0. The molecule has 1 aliphatic carbocycles. The molecule has 0 radical (unpaired) electrons. The fraction of sp³-hybridized carbons (Fsp3) is 0.500. The fourth-order valence-electron chi connectivity index (χ4n) is 1.78. The summed E-state index contributed by atoms with van der Waals surface area (Å²) in [5, 5.41) is 3.44. The van der Waals surface area contributed by atoms with Crippen molar-refractivity contribution < 1.29 is 9.47 Å². The molecule has 1 saturated carbocycles. The lowest BCUT2D eigenvalue weighted by molar-refractivity contribution is 0.171. The molecular weight excluding hydrogens is 270 g/mol. The predicted octanol–water partition coefficient (Wildman–Crippen LogP) is 3.04. The standard InChI is InChI=1S/C12H14BrNO2/c13-9-5-11-12(16-4-3-15-11)6-10(9)14-7-8-1-2-8/h5-6,8,14H,1-4,7H2. The van der Waals surface area contributed by atoms with Crippen molar-refractivity contribution in [3.05, 3.63) is 16.6 Å². The van der Waals surface area contributed by atoms with Crippen molar-refractivity contribution in [1.29, 1.82) is 0 Å². The molecule has 0 unspecified atom stereocenters. The Morgan fingerprint density at radius 3 is 2.56 bits per heavy atom. The first kappa shape index (κ1) is 10.3. The monoisotopic (exact) mass is 283 g/mol. The van der Waals surface area contributed by atoms with Gasteiger partial charge in [-0.1, -0.05) is 0 Å². The first-order chi connectivity index (χ1) is 7.83. The number of nitrogens with one attached hydrogen (secondary N) is 1. The molecular formula is C12H14BrNO2. The fourth-order valence-corrected chi connectivity index (χ4v) is 2.24. The Balaban J connectivity index is 1.80. The first-order valence-corrected chi connectivity index (χ1v) is 6.45. The van der Waals surface area contributed by atoms with Crippen LogP contribution in [0.5, 0.6) is 11.5 Å². The van der Waals surface area contributed by atoms with E-state index in [0.29, 0.717) is 13.2 Å². The van der Waals surface area contributed by atoms with Gasteiger partial charge in [0.25, 0.3) is 0 Å². The van der Waals surface area contributed by atoms with Crippen LogP contribution >= 0.6 is 15.9 Å². The van der Waals surface area contributed by atoms with Crippen LogP contribution in [0.15, 0.2) is 16.6 Å². The molecule has 16 heavy (non-hydrogen) atoms. The van der Waals surface area contributed by atoms with Crippen LogP contribution in [-0.4, -0.2) is 19.8 Å². The van der Waals surface area contributed by atoms with Crippen LogP contribution in [0.1, 0.15) is 12.8 Å². The number of anilines is 1. The molecule has 1 aliphatic heterocycles. The number of hydrogen-bond donors (Lipinski definition) is 1. The summed E-state index contributed by atoms with van der Waals surface area (Å²) >= 11 is 3.55. The quantitative estimate of drug-likeness (QED) is 0.925. The summed E-state index contributed by atoms with van der Waals surface area (Å²) in [5.74, 6) is 2.53. The van der Waals surface area contributed by atoms with Crippen LogP contribution in [0, 0.1) is 5.92 Å². The normalized spacial score (nSPS) is 18.3. The molecule has 3 rings (SSSR count). The number of halogens is 1. The van der Waals surface area contributed by atoms with Gasteiger partial charge in [-0.3, -0.25) is 0 Å². The van der Waals surface area contributed by atoms with E-state index in [4.69, 9.17) is 9.47 Å². The van der Waals surface area contributed by atoms with Crippen molar-refractivity contribution >= 4 is 21.6 Å². The maximum atomic E-state index is 5.56. The second kappa shape index (κ2) is 4.17. The predicted molar refractivity (Wildman–Crippen MR) is 66.3 cm³/mol. The lowest BCUT2D eigenvalue weighted by Gasteiger charge is -2.20. The highest BCUT2D eigenvalue weighted by Crippen LogP contribution is 2.39. The highest BCUT2D eigenvalue weighted by atomic mass is 79.9. The molecule has 0 atom stereocenters. The van der Waals surface area contributed by atoms with E-state index in [-0.39, 0.29) is 0 Å². The summed E-state index contributed by atoms with van der Waals surface area (Å²) in [5.41, 5.74) is 1.09. The molecule has 0 saturated heterocycles. The minimum absolute atomic E-state index is 0.633. The van der Waals surface area contributed by atoms with Crippen LogP contribution in [0.25, 0.3) is 0 Å². The second-order valence-electron chi connectivity index (χ2n) is 4.30. The average Bonchev–Trinajstić information content (AvgIpc) is 3.10. The SMILES string of the molecule is Brc1cc2c(cc1NCC1CC1)OCCO2. The minimum atomic E-state index is 0.633. The zero-order chi connectivity index (χ0) is 11.0. The summed E-state index contributed by atoms with van der Waals surface area (Å²) < 4.78 is 12.1. The van der Waals surface area contributed by atoms with E-state index in [2.05, 4.69) is 21.2 Å². The Labute approximate surface area is 103 Å². The van der Waals surface area contributed by atoms with Gasteiger partial charge in [-0.15, -0.1) is 0 Å². The molecule has 1 fully saturated rings. The van der Waals surface area contributed by atoms with E-state index in [1.54, 1.807) is 0 Å². The topological polar surface area (TPSA) is 30.5 Å². The number of ether oxygens (including phenoxy) is 2.